The highest BCUT2D eigenvalue weighted by Crippen LogP contribution is 2.15. The summed E-state index contributed by atoms with van der Waals surface area (Å²) in [6.07, 6.45) is 1.50. The maximum atomic E-state index is 11.5. The van der Waals surface area contributed by atoms with E-state index in [4.69, 9.17) is 5.73 Å². The molecule has 0 bridgehead atoms. The average molecular weight is 248 g/mol. The molecule has 6 heteroatoms. The van der Waals surface area contributed by atoms with Gasteiger partial charge in [0.2, 0.25) is 0 Å². The minimum absolute atomic E-state index is 0.0606. The van der Waals surface area contributed by atoms with Crippen LogP contribution in [0.4, 0.5) is 5.69 Å². The predicted molar refractivity (Wildman–Crippen MR) is 65.6 cm³/mol. The van der Waals surface area contributed by atoms with Crippen LogP contribution >= 0.6 is 0 Å². The van der Waals surface area contributed by atoms with E-state index in [1.165, 1.54) is 30.3 Å². The number of hydrogen-bond acceptors (Lipinski definition) is 4. The molecule has 0 aliphatic heterocycles. The van der Waals surface area contributed by atoms with Crippen LogP contribution in [-0.4, -0.2) is 16.6 Å². The molecule has 0 fully saturated rings. The van der Waals surface area contributed by atoms with Crippen molar-refractivity contribution < 1.29 is 14.5 Å². The van der Waals surface area contributed by atoms with E-state index in [9.17, 15) is 19.7 Å². The van der Waals surface area contributed by atoms with E-state index >= 15 is 0 Å². The highest BCUT2D eigenvalue weighted by molar-refractivity contribution is 6.21. The lowest BCUT2D eigenvalue weighted by Gasteiger charge is -2.00. The number of nitro benzene ring substituents is 1. The molecule has 1 amide bonds. The van der Waals surface area contributed by atoms with Crippen molar-refractivity contribution in [1.82, 2.24) is 0 Å². The lowest BCUT2D eigenvalue weighted by Crippen LogP contribution is -2.20. The van der Waals surface area contributed by atoms with Gasteiger partial charge in [0, 0.05) is 18.6 Å². The third-order valence-corrected chi connectivity index (χ3v) is 2.30. The molecule has 2 N–H and O–H groups in total. The molecule has 0 spiro atoms. The summed E-state index contributed by atoms with van der Waals surface area (Å²) in [4.78, 5) is 32.5. The number of amides is 1. The normalized spacial score (nSPS) is 11.1. The van der Waals surface area contributed by atoms with Crippen LogP contribution in [0.25, 0.3) is 6.08 Å². The SMILES string of the molecule is CCC(=O)/C(=C\c1ccc([N+](=O)[O-])cc1)C(N)=O. The molecule has 0 unspecified atom stereocenters. The van der Waals surface area contributed by atoms with Crippen LogP contribution in [0.1, 0.15) is 18.9 Å². The molecular weight excluding hydrogens is 236 g/mol. The highest BCUT2D eigenvalue weighted by Gasteiger charge is 2.13. The first kappa shape index (κ1) is 13.6. The minimum Gasteiger partial charge on any atom is -0.365 e. The van der Waals surface area contributed by atoms with Gasteiger partial charge in [-0.1, -0.05) is 6.92 Å². The Morgan fingerprint density at radius 1 is 1.33 bits per heavy atom. The molecule has 1 aromatic rings. The lowest BCUT2D eigenvalue weighted by molar-refractivity contribution is -0.384. The molecule has 1 aromatic carbocycles. The van der Waals surface area contributed by atoms with Gasteiger partial charge in [-0.2, -0.15) is 0 Å². The molecule has 0 saturated carbocycles. The molecule has 0 atom stereocenters. The maximum absolute atomic E-state index is 11.5. The van der Waals surface area contributed by atoms with E-state index in [0.717, 1.165) is 0 Å². The van der Waals surface area contributed by atoms with Gasteiger partial charge < -0.3 is 5.73 Å². The number of nitro groups is 1. The van der Waals surface area contributed by atoms with Crippen LogP contribution < -0.4 is 5.73 Å². The Kier molecular flexibility index (Phi) is 4.31. The molecular formula is C12H12N2O4. The standard InChI is InChI=1S/C12H12N2O4/c1-2-11(15)10(12(13)16)7-8-3-5-9(6-4-8)14(17)18/h3-7H,2H2,1H3,(H2,13,16)/b10-7+. The van der Waals surface area contributed by atoms with Crippen molar-refractivity contribution in [2.45, 2.75) is 13.3 Å². The molecule has 0 saturated heterocycles. The van der Waals surface area contributed by atoms with E-state index < -0.39 is 10.8 Å². The summed E-state index contributed by atoms with van der Waals surface area (Å²) in [5.74, 6) is -1.17. The zero-order chi connectivity index (χ0) is 13.7. The summed E-state index contributed by atoms with van der Waals surface area (Å²) < 4.78 is 0. The number of ketones is 1. The zero-order valence-electron chi connectivity index (χ0n) is 9.75. The van der Waals surface area contributed by atoms with Crippen molar-refractivity contribution in [3.63, 3.8) is 0 Å². The number of Topliss-reactive ketones (excluding diaryl/α,β-unsaturated/α-hetero) is 1. The molecule has 0 aliphatic carbocycles. The molecule has 18 heavy (non-hydrogen) atoms. The van der Waals surface area contributed by atoms with Crippen LogP contribution in [0.3, 0.4) is 0 Å². The molecule has 6 nitrogen and oxygen atoms in total. The van der Waals surface area contributed by atoms with Crippen LogP contribution in [0.5, 0.6) is 0 Å². The second-order valence-electron chi connectivity index (χ2n) is 3.55. The number of nitrogens with two attached hydrogens (primary N) is 1. The van der Waals surface area contributed by atoms with Gasteiger partial charge in [-0.3, -0.25) is 19.7 Å². The quantitative estimate of drug-likeness (QED) is 0.280. The fraction of sp³-hybridized carbons (Fsp3) is 0.167. The maximum Gasteiger partial charge on any atom is 0.269 e. The number of benzene rings is 1. The topological polar surface area (TPSA) is 103 Å². The van der Waals surface area contributed by atoms with Gasteiger partial charge in [0.1, 0.15) is 0 Å². The van der Waals surface area contributed by atoms with Crippen molar-refractivity contribution in [3.05, 3.63) is 45.5 Å². The van der Waals surface area contributed by atoms with Crippen molar-refractivity contribution in [2.24, 2.45) is 5.73 Å². The van der Waals surface area contributed by atoms with Crippen molar-refractivity contribution >= 4 is 23.5 Å². The molecule has 94 valence electrons. The van der Waals surface area contributed by atoms with Crippen molar-refractivity contribution in [2.75, 3.05) is 0 Å². The molecule has 0 aromatic heterocycles. The van der Waals surface area contributed by atoms with Crippen LogP contribution in [0.2, 0.25) is 0 Å². The van der Waals surface area contributed by atoms with E-state index in [-0.39, 0.29) is 23.5 Å². The fourth-order valence-electron chi connectivity index (χ4n) is 1.34. The molecule has 1 rings (SSSR count). The fourth-order valence-corrected chi connectivity index (χ4v) is 1.34. The minimum atomic E-state index is -0.805. The van der Waals surface area contributed by atoms with Crippen molar-refractivity contribution in [1.29, 1.82) is 0 Å². The van der Waals surface area contributed by atoms with Gasteiger partial charge in [-0.15, -0.1) is 0 Å². The van der Waals surface area contributed by atoms with Gasteiger partial charge in [-0.25, -0.2) is 0 Å². The summed E-state index contributed by atoms with van der Waals surface area (Å²) >= 11 is 0. The number of nitrogens with zero attached hydrogens (tertiary/aromatic N) is 1. The van der Waals surface area contributed by atoms with E-state index in [2.05, 4.69) is 0 Å². The number of rotatable bonds is 5. The number of hydrogen-bond donors (Lipinski definition) is 1. The first-order valence-corrected chi connectivity index (χ1v) is 5.25. The number of primary amides is 1. The Bertz CT molecular complexity index is 517. The Morgan fingerprint density at radius 3 is 2.28 bits per heavy atom. The second kappa shape index (κ2) is 5.72. The highest BCUT2D eigenvalue weighted by atomic mass is 16.6. The molecule has 0 heterocycles. The summed E-state index contributed by atoms with van der Waals surface area (Å²) in [7, 11) is 0. The van der Waals surface area contributed by atoms with Crippen molar-refractivity contribution in [3.8, 4) is 0 Å². The van der Waals surface area contributed by atoms with E-state index in [1.54, 1.807) is 6.92 Å². The molecule has 0 radical (unpaired) electrons. The van der Waals surface area contributed by atoms with Crippen LogP contribution in [-0.2, 0) is 9.59 Å². The Morgan fingerprint density at radius 2 is 1.89 bits per heavy atom. The number of non-ortho nitro benzene ring substituents is 1. The van der Waals surface area contributed by atoms with Gasteiger partial charge in [0.15, 0.2) is 5.78 Å². The first-order valence-electron chi connectivity index (χ1n) is 5.25. The van der Waals surface area contributed by atoms with Gasteiger partial charge >= 0.3 is 0 Å². The predicted octanol–water partition coefficient (Wildman–Crippen LogP) is 1.44. The Balaban J connectivity index is 3.09. The third kappa shape index (κ3) is 3.24. The van der Waals surface area contributed by atoms with E-state index in [0.29, 0.717) is 5.56 Å². The summed E-state index contributed by atoms with van der Waals surface area (Å²) in [5.41, 5.74) is 5.45. The monoisotopic (exact) mass is 248 g/mol. The largest absolute Gasteiger partial charge is 0.365 e. The lowest BCUT2D eigenvalue weighted by atomic mass is 10.0. The van der Waals surface area contributed by atoms with E-state index in [1.807, 2.05) is 0 Å². The third-order valence-electron chi connectivity index (χ3n) is 2.30. The smallest absolute Gasteiger partial charge is 0.269 e. The van der Waals surface area contributed by atoms with Crippen LogP contribution in [0.15, 0.2) is 29.8 Å². The Hall–Kier alpha value is -2.50. The van der Waals surface area contributed by atoms with Gasteiger partial charge in [0.05, 0.1) is 10.5 Å². The first-order chi connectivity index (χ1) is 8.45. The Labute approximate surface area is 103 Å². The van der Waals surface area contributed by atoms with Crippen LogP contribution in [0, 0.1) is 10.1 Å². The number of carbonyl (C=O) groups is 2. The zero-order valence-corrected chi connectivity index (χ0v) is 9.75. The second-order valence-corrected chi connectivity index (χ2v) is 3.55. The summed E-state index contributed by atoms with van der Waals surface area (Å²) in [6, 6.07) is 5.48. The molecule has 0 aliphatic rings. The summed E-state index contributed by atoms with van der Waals surface area (Å²) in [5, 5.41) is 10.5. The van der Waals surface area contributed by atoms with Gasteiger partial charge in [-0.05, 0) is 23.8 Å². The average Bonchev–Trinajstić information content (AvgIpc) is 2.35. The van der Waals surface area contributed by atoms with Gasteiger partial charge in [0.25, 0.3) is 11.6 Å². The summed E-state index contributed by atoms with van der Waals surface area (Å²) in [6.45, 7) is 1.62. The number of carbonyl (C=O) groups excluding carboxylic acids is 2.